The average molecular weight is 630 g/mol. The van der Waals surface area contributed by atoms with Crippen LogP contribution in [0, 0.1) is 12.8 Å². The molecule has 4 aromatic rings. The van der Waals surface area contributed by atoms with Gasteiger partial charge >= 0.3 is 0 Å². The number of hydrogen-bond donors (Lipinski definition) is 1. The van der Waals surface area contributed by atoms with Crippen molar-refractivity contribution in [3.8, 4) is 11.4 Å². The largest absolute Gasteiger partial charge is 0.342 e. The van der Waals surface area contributed by atoms with Crippen LogP contribution in [-0.2, 0) is 5.41 Å². The molecule has 1 saturated heterocycles. The fraction of sp³-hybridized carbons (Fsp3) is 0.400. The zero-order valence-electron chi connectivity index (χ0n) is 25.7. The number of imidazole rings is 1. The smallest absolute Gasteiger partial charge is 0.137 e. The number of hydrogen-bond acceptors (Lipinski definition) is 3. The quantitative estimate of drug-likeness (QED) is 0.222. The van der Waals surface area contributed by atoms with E-state index < -0.39 is 0 Å². The van der Waals surface area contributed by atoms with E-state index >= 15 is 0 Å². The van der Waals surface area contributed by atoms with Gasteiger partial charge in [-0.05, 0) is 34.9 Å². The van der Waals surface area contributed by atoms with Gasteiger partial charge in [0.15, 0.2) is 0 Å². The highest BCUT2D eigenvalue weighted by Crippen LogP contribution is 2.35. The topological polar surface area (TPSA) is 35.2 Å². The first kappa shape index (κ1) is 35.9. The Balaban J connectivity index is 0.00000205. The van der Waals surface area contributed by atoms with Gasteiger partial charge in [0.05, 0.1) is 17.8 Å². The molecule has 1 aromatic heterocycles. The number of nitrogens with one attached hydrogen (secondary N) is 1. The minimum Gasteiger partial charge on any atom is -0.342 e. The zero-order valence-corrected chi connectivity index (χ0v) is 28.2. The van der Waals surface area contributed by atoms with Crippen molar-refractivity contribution in [3.05, 3.63) is 113 Å². The summed E-state index contributed by atoms with van der Waals surface area (Å²) in [6.45, 7) is 17.7. The van der Waals surface area contributed by atoms with Gasteiger partial charge in [0.25, 0.3) is 0 Å². The minimum atomic E-state index is 0. The second-order valence-corrected chi connectivity index (χ2v) is 12.4. The molecule has 1 atom stereocenters. The molecule has 0 spiro atoms. The lowest BCUT2D eigenvalue weighted by atomic mass is 9.87. The number of benzene rings is 3. The summed E-state index contributed by atoms with van der Waals surface area (Å²) in [6, 6.07) is 31.4. The van der Waals surface area contributed by atoms with Crippen LogP contribution in [0.4, 0.5) is 0 Å². The van der Waals surface area contributed by atoms with Crippen molar-refractivity contribution in [3.63, 3.8) is 0 Å². The van der Waals surface area contributed by atoms with Crippen LogP contribution in [0.25, 0.3) is 11.4 Å². The molecule has 1 fully saturated rings. The Morgan fingerprint density at radius 2 is 1.17 bits per heavy atom. The van der Waals surface area contributed by atoms with Crippen molar-refractivity contribution in [2.45, 2.75) is 59.0 Å². The summed E-state index contributed by atoms with van der Waals surface area (Å²) in [4.78, 5) is 14.1. The number of nitrogens with zero attached hydrogens (tertiary/aromatic N) is 3. The van der Waals surface area contributed by atoms with Crippen molar-refractivity contribution in [1.29, 1.82) is 0 Å². The Kier molecular flexibility index (Phi) is 13.2. The standard InChI is InChI=1S/C35H44N4.3ClH/c1-25(2)32(31-26(3)36-34(37-31)29-17-19-30(20-18-29)35(4,5)6)38-21-23-39(24-22-38)33(27-13-9-7-10-14-27)28-15-11-8-12-16-28;;;/h7-20,25,32-33H,21-24H2,1-6H3,(H,36,37);3*1H. The van der Waals surface area contributed by atoms with E-state index in [0.29, 0.717) is 5.92 Å². The highest BCUT2D eigenvalue weighted by atomic mass is 35.5. The summed E-state index contributed by atoms with van der Waals surface area (Å²) in [5, 5.41) is 0. The van der Waals surface area contributed by atoms with E-state index in [2.05, 4.69) is 141 Å². The molecule has 1 unspecified atom stereocenters. The van der Waals surface area contributed by atoms with Gasteiger partial charge in [-0.1, -0.05) is 120 Å². The first-order valence-corrected chi connectivity index (χ1v) is 14.5. The molecule has 2 heterocycles. The molecule has 0 amide bonds. The maximum atomic E-state index is 5.21. The van der Waals surface area contributed by atoms with E-state index in [1.807, 2.05) is 0 Å². The molecule has 1 N–H and O–H groups in total. The van der Waals surface area contributed by atoms with Crippen LogP contribution < -0.4 is 0 Å². The number of H-pyrrole nitrogens is 1. The van der Waals surface area contributed by atoms with Crippen molar-refractivity contribution < 1.29 is 0 Å². The van der Waals surface area contributed by atoms with Gasteiger partial charge in [-0.2, -0.15) is 0 Å². The Morgan fingerprint density at radius 3 is 1.62 bits per heavy atom. The van der Waals surface area contributed by atoms with Crippen LogP contribution in [0.5, 0.6) is 0 Å². The van der Waals surface area contributed by atoms with Crippen LogP contribution in [0.1, 0.15) is 74.8 Å². The third-order valence-electron chi connectivity index (χ3n) is 8.20. The highest BCUT2D eigenvalue weighted by molar-refractivity contribution is 5.86. The fourth-order valence-electron chi connectivity index (χ4n) is 6.10. The summed E-state index contributed by atoms with van der Waals surface area (Å²) in [5.41, 5.74) is 7.74. The molecule has 0 radical (unpaired) electrons. The Hall–Kier alpha value is -2.34. The van der Waals surface area contributed by atoms with Crippen LogP contribution >= 0.6 is 37.2 Å². The third kappa shape index (κ3) is 7.98. The first-order valence-electron chi connectivity index (χ1n) is 14.5. The summed E-state index contributed by atoms with van der Waals surface area (Å²) in [7, 11) is 0. The highest BCUT2D eigenvalue weighted by Gasteiger charge is 2.33. The van der Waals surface area contributed by atoms with Gasteiger partial charge in [-0.15, -0.1) is 37.2 Å². The molecule has 42 heavy (non-hydrogen) atoms. The van der Waals surface area contributed by atoms with E-state index in [1.165, 1.54) is 28.1 Å². The van der Waals surface area contributed by atoms with Crippen molar-refractivity contribution in [1.82, 2.24) is 19.8 Å². The van der Waals surface area contributed by atoms with E-state index in [0.717, 1.165) is 37.6 Å². The number of aryl methyl sites for hydroxylation is 1. The Morgan fingerprint density at radius 1 is 0.690 bits per heavy atom. The third-order valence-corrected chi connectivity index (χ3v) is 8.20. The summed E-state index contributed by atoms with van der Waals surface area (Å²) in [6.07, 6.45) is 0. The first-order chi connectivity index (χ1) is 18.7. The molecule has 5 rings (SSSR count). The van der Waals surface area contributed by atoms with E-state index in [9.17, 15) is 0 Å². The van der Waals surface area contributed by atoms with E-state index in [-0.39, 0.29) is 54.7 Å². The second kappa shape index (κ2) is 15.4. The Bertz CT molecular complexity index is 1300. The lowest BCUT2D eigenvalue weighted by Crippen LogP contribution is -2.50. The number of aromatic amines is 1. The average Bonchev–Trinajstić information content (AvgIpc) is 3.31. The number of rotatable bonds is 7. The molecule has 4 nitrogen and oxygen atoms in total. The maximum absolute atomic E-state index is 5.21. The molecule has 0 saturated carbocycles. The second-order valence-electron chi connectivity index (χ2n) is 12.4. The number of aromatic nitrogens is 2. The predicted molar refractivity (Wildman–Crippen MR) is 185 cm³/mol. The molecule has 0 bridgehead atoms. The van der Waals surface area contributed by atoms with Gasteiger partial charge in [0.2, 0.25) is 0 Å². The van der Waals surface area contributed by atoms with E-state index in [4.69, 9.17) is 4.98 Å². The molecule has 0 aliphatic carbocycles. The van der Waals surface area contributed by atoms with Crippen LogP contribution in [0.15, 0.2) is 84.9 Å². The molecule has 3 aromatic carbocycles. The van der Waals surface area contributed by atoms with E-state index in [1.54, 1.807) is 0 Å². The van der Waals surface area contributed by atoms with Gasteiger partial charge in [0, 0.05) is 37.4 Å². The van der Waals surface area contributed by atoms with Crippen LogP contribution in [0.2, 0.25) is 0 Å². The summed E-state index contributed by atoms with van der Waals surface area (Å²) < 4.78 is 0. The summed E-state index contributed by atoms with van der Waals surface area (Å²) in [5.74, 6) is 1.44. The monoisotopic (exact) mass is 628 g/mol. The molecule has 7 heteroatoms. The zero-order chi connectivity index (χ0) is 27.6. The Labute approximate surface area is 271 Å². The van der Waals surface area contributed by atoms with Gasteiger partial charge in [0.1, 0.15) is 5.82 Å². The van der Waals surface area contributed by atoms with Crippen molar-refractivity contribution in [2.75, 3.05) is 26.2 Å². The maximum Gasteiger partial charge on any atom is 0.137 e. The summed E-state index contributed by atoms with van der Waals surface area (Å²) >= 11 is 0. The van der Waals surface area contributed by atoms with Crippen molar-refractivity contribution >= 4 is 37.2 Å². The SMILES string of the molecule is Cc1[nH]c(-c2ccc(C(C)(C)C)cc2)nc1C(C(C)C)N1CCN(C(c2ccccc2)c2ccccc2)CC1.Cl.Cl.Cl. The minimum absolute atomic E-state index is 0. The lowest BCUT2D eigenvalue weighted by Gasteiger charge is -2.43. The van der Waals surface area contributed by atoms with Crippen LogP contribution in [-0.4, -0.2) is 45.9 Å². The molecule has 1 aliphatic heterocycles. The molecular formula is C35H47Cl3N4. The number of halogens is 3. The predicted octanol–water partition coefficient (Wildman–Crippen LogP) is 9.05. The molecule has 1 aliphatic rings. The van der Waals surface area contributed by atoms with Gasteiger partial charge in [-0.3, -0.25) is 9.80 Å². The normalized spacial score (nSPS) is 15.0. The number of piperazine rings is 1. The molecular weight excluding hydrogens is 583 g/mol. The fourth-order valence-corrected chi connectivity index (χ4v) is 6.10. The van der Waals surface area contributed by atoms with Gasteiger partial charge < -0.3 is 4.98 Å². The van der Waals surface area contributed by atoms with Crippen molar-refractivity contribution in [2.24, 2.45) is 5.92 Å². The lowest BCUT2D eigenvalue weighted by molar-refractivity contribution is 0.0599. The van der Waals surface area contributed by atoms with Crippen LogP contribution in [0.3, 0.4) is 0 Å². The van der Waals surface area contributed by atoms with Gasteiger partial charge in [-0.25, -0.2) is 4.98 Å². The molecule has 228 valence electrons.